The Morgan fingerprint density at radius 3 is 2.78 bits per heavy atom. The molecule has 0 aromatic heterocycles. The van der Waals surface area contributed by atoms with Gasteiger partial charge in [0, 0.05) is 5.02 Å². The Morgan fingerprint density at radius 2 is 2.04 bits per heavy atom. The van der Waals surface area contributed by atoms with Crippen LogP contribution in [0.4, 0.5) is 4.79 Å². The molecule has 0 saturated carbocycles. The van der Waals surface area contributed by atoms with Crippen LogP contribution >= 0.6 is 11.6 Å². The molecular formula is C22H22ClNO3. The summed E-state index contributed by atoms with van der Waals surface area (Å²) in [6, 6.07) is 15.6. The topological polar surface area (TPSA) is 38.8 Å². The van der Waals surface area contributed by atoms with Gasteiger partial charge in [0.1, 0.15) is 6.61 Å². The van der Waals surface area contributed by atoms with Crippen LogP contribution in [0.5, 0.6) is 0 Å². The molecule has 0 spiro atoms. The normalized spacial score (nSPS) is 21.6. The second-order valence-electron chi connectivity index (χ2n) is 7.09. The number of hydrogen-bond donors (Lipinski definition) is 0. The summed E-state index contributed by atoms with van der Waals surface area (Å²) in [6.07, 6.45) is 2.51. The molecule has 2 aliphatic rings. The van der Waals surface area contributed by atoms with E-state index in [-0.39, 0.29) is 24.8 Å². The van der Waals surface area contributed by atoms with E-state index in [1.807, 2.05) is 48.2 Å². The van der Waals surface area contributed by atoms with Gasteiger partial charge >= 0.3 is 6.09 Å². The summed E-state index contributed by atoms with van der Waals surface area (Å²) in [4.78, 5) is 14.6. The molecular weight excluding hydrogens is 362 g/mol. The van der Waals surface area contributed by atoms with Crippen molar-refractivity contribution in [2.75, 3.05) is 13.2 Å². The quantitative estimate of drug-likeness (QED) is 0.761. The first kappa shape index (κ1) is 18.1. The van der Waals surface area contributed by atoms with Crippen molar-refractivity contribution < 1.29 is 14.3 Å². The van der Waals surface area contributed by atoms with E-state index in [0.717, 1.165) is 21.7 Å². The number of amides is 1. The molecule has 2 atom stereocenters. The number of morpholine rings is 1. The predicted octanol–water partition coefficient (Wildman–Crippen LogP) is 4.84. The van der Waals surface area contributed by atoms with Crippen LogP contribution in [-0.2, 0) is 16.1 Å². The maximum Gasteiger partial charge on any atom is 0.411 e. The van der Waals surface area contributed by atoms with Gasteiger partial charge in [-0.15, -0.1) is 0 Å². The van der Waals surface area contributed by atoms with Crippen molar-refractivity contribution in [1.82, 2.24) is 4.90 Å². The highest BCUT2D eigenvalue weighted by atomic mass is 35.5. The molecule has 2 unspecified atom stereocenters. The molecule has 0 aliphatic carbocycles. The van der Waals surface area contributed by atoms with Gasteiger partial charge in [-0.3, -0.25) is 4.90 Å². The first-order valence-electron chi connectivity index (χ1n) is 9.16. The molecule has 1 fully saturated rings. The Kier molecular flexibility index (Phi) is 5.19. The summed E-state index contributed by atoms with van der Waals surface area (Å²) in [5.74, 6) is 0. The average Bonchev–Trinajstić information content (AvgIpc) is 2.66. The van der Waals surface area contributed by atoms with E-state index in [1.165, 1.54) is 5.57 Å². The van der Waals surface area contributed by atoms with E-state index < -0.39 is 0 Å². The van der Waals surface area contributed by atoms with Gasteiger partial charge in [0.15, 0.2) is 0 Å². The predicted molar refractivity (Wildman–Crippen MR) is 106 cm³/mol. The summed E-state index contributed by atoms with van der Waals surface area (Å²) in [6.45, 7) is 3.29. The maximum atomic E-state index is 12.7. The number of aryl methyl sites for hydroxylation is 1. The van der Waals surface area contributed by atoms with Crippen LogP contribution in [0.15, 0.2) is 54.6 Å². The van der Waals surface area contributed by atoms with Crippen molar-refractivity contribution in [2.45, 2.75) is 32.0 Å². The standard InChI is InChI=1S/C22H22ClNO3/c1-15-7-8-20(21(23)9-15)17-10-18-13-26-14-19(11-17)24(18)22(25)27-12-16-5-3-2-4-6-16/h2-10,18-19H,11-14H2,1H3. The molecule has 2 heterocycles. The molecule has 27 heavy (non-hydrogen) atoms. The number of carbonyl (C=O) groups excluding carboxylic acids is 1. The highest BCUT2D eigenvalue weighted by Crippen LogP contribution is 2.36. The lowest BCUT2D eigenvalue weighted by atomic mass is 9.90. The summed E-state index contributed by atoms with van der Waals surface area (Å²) < 4.78 is 11.2. The zero-order chi connectivity index (χ0) is 18.8. The fraction of sp³-hybridized carbons (Fsp3) is 0.318. The molecule has 4 nitrogen and oxygen atoms in total. The minimum atomic E-state index is -0.289. The molecule has 1 amide bonds. The van der Waals surface area contributed by atoms with E-state index in [1.54, 1.807) is 0 Å². The average molecular weight is 384 g/mol. The van der Waals surface area contributed by atoms with Crippen molar-refractivity contribution >= 4 is 23.3 Å². The Labute approximate surface area is 164 Å². The van der Waals surface area contributed by atoms with Crippen molar-refractivity contribution in [3.8, 4) is 0 Å². The van der Waals surface area contributed by atoms with Gasteiger partial charge in [-0.05, 0) is 41.7 Å². The van der Waals surface area contributed by atoms with E-state index in [9.17, 15) is 4.79 Å². The second-order valence-corrected chi connectivity index (χ2v) is 7.49. The van der Waals surface area contributed by atoms with Gasteiger partial charge in [-0.2, -0.15) is 0 Å². The van der Waals surface area contributed by atoms with Crippen LogP contribution < -0.4 is 0 Å². The second kappa shape index (κ2) is 7.75. The van der Waals surface area contributed by atoms with E-state index in [2.05, 4.69) is 18.2 Å². The molecule has 2 bridgehead atoms. The molecule has 0 radical (unpaired) electrons. The van der Waals surface area contributed by atoms with Crippen LogP contribution in [0.3, 0.4) is 0 Å². The first-order valence-corrected chi connectivity index (χ1v) is 9.53. The first-order chi connectivity index (χ1) is 13.1. The number of benzene rings is 2. The molecule has 5 heteroatoms. The summed E-state index contributed by atoms with van der Waals surface area (Å²) in [5, 5.41) is 0.750. The van der Waals surface area contributed by atoms with Gasteiger partial charge in [-0.1, -0.05) is 60.1 Å². The molecule has 0 N–H and O–H groups in total. The number of carbonyl (C=O) groups is 1. The number of rotatable bonds is 3. The summed E-state index contributed by atoms with van der Waals surface area (Å²) in [5.41, 5.74) is 4.32. The van der Waals surface area contributed by atoms with Gasteiger partial charge in [0.05, 0.1) is 25.3 Å². The van der Waals surface area contributed by atoms with Crippen molar-refractivity contribution in [1.29, 1.82) is 0 Å². The third-order valence-corrected chi connectivity index (χ3v) is 5.40. The van der Waals surface area contributed by atoms with Gasteiger partial charge < -0.3 is 9.47 Å². The van der Waals surface area contributed by atoms with E-state index in [4.69, 9.17) is 21.1 Å². The SMILES string of the molecule is Cc1ccc(C2=CC3COCC(C2)N3C(=O)OCc2ccccc2)c(Cl)c1. The number of ether oxygens (including phenoxy) is 2. The van der Waals surface area contributed by atoms with Crippen LogP contribution in [0.1, 0.15) is 23.1 Å². The minimum Gasteiger partial charge on any atom is -0.445 e. The Morgan fingerprint density at radius 1 is 1.22 bits per heavy atom. The number of hydrogen-bond acceptors (Lipinski definition) is 3. The molecule has 2 aliphatic heterocycles. The largest absolute Gasteiger partial charge is 0.445 e. The smallest absolute Gasteiger partial charge is 0.411 e. The monoisotopic (exact) mass is 383 g/mol. The highest BCUT2D eigenvalue weighted by Gasteiger charge is 2.39. The number of nitrogens with zero attached hydrogens (tertiary/aromatic N) is 1. The Bertz CT molecular complexity index is 865. The van der Waals surface area contributed by atoms with Gasteiger partial charge in [0.25, 0.3) is 0 Å². The van der Waals surface area contributed by atoms with Crippen LogP contribution in [0.2, 0.25) is 5.02 Å². The number of halogens is 1. The van der Waals surface area contributed by atoms with Crippen LogP contribution in [0, 0.1) is 6.92 Å². The lowest BCUT2D eigenvalue weighted by Crippen LogP contribution is -2.56. The fourth-order valence-corrected chi connectivity index (χ4v) is 4.11. The zero-order valence-electron chi connectivity index (χ0n) is 15.2. The van der Waals surface area contributed by atoms with Crippen LogP contribution in [-0.4, -0.2) is 36.3 Å². The van der Waals surface area contributed by atoms with Gasteiger partial charge in [-0.25, -0.2) is 4.79 Å². The lowest BCUT2D eigenvalue weighted by molar-refractivity contribution is -0.0342. The van der Waals surface area contributed by atoms with Crippen LogP contribution in [0.25, 0.3) is 5.57 Å². The van der Waals surface area contributed by atoms with Gasteiger partial charge in [0.2, 0.25) is 0 Å². The van der Waals surface area contributed by atoms with E-state index in [0.29, 0.717) is 19.6 Å². The third kappa shape index (κ3) is 3.87. The third-order valence-electron chi connectivity index (χ3n) is 5.09. The van der Waals surface area contributed by atoms with E-state index >= 15 is 0 Å². The molecule has 2 aromatic rings. The lowest BCUT2D eigenvalue weighted by Gasteiger charge is -2.43. The summed E-state index contributed by atoms with van der Waals surface area (Å²) in [7, 11) is 0. The molecule has 4 rings (SSSR count). The van der Waals surface area contributed by atoms with Crippen molar-refractivity contribution in [3.63, 3.8) is 0 Å². The Balaban J connectivity index is 1.52. The number of fused-ring (bicyclic) bond motifs is 2. The maximum absolute atomic E-state index is 12.7. The summed E-state index contributed by atoms with van der Waals surface area (Å²) >= 11 is 6.46. The molecule has 2 aromatic carbocycles. The molecule has 140 valence electrons. The van der Waals surface area contributed by atoms with Crippen molar-refractivity contribution in [2.24, 2.45) is 0 Å². The zero-order valence-corrected chi connectivity index (χ0v) is 16.0. The Hall–Kier alpha value is -2.30. The van der Waals surface area contributed by atoms with Crippen molar-refractivity contribution in [3.05, 3.63) is 76.3 Å². The minimum absolute atomic E-state index is 0.0376. The fourth-order valence-electron chi connectivity index (χ4n) is 3.75. The highest BCUT2D eigenvalue weighted by molar-refractivity contribution is 6.32. The molecule has 1 saturated heterocycles.